The summed E-state index contributed by atoms with van der Waals surface area (Å²) in [4.78, 5) is 21.7. The highest BCUT2D eigenvalue weighted by atomic mass is 16.5. The van der Waals surface area contributed by atoms with E-state index in [1.165, 1.54) is 6.33 Å². The number of nitrogens with one attached hydrogen (secondary N) is 2. The van der Waals surface area contributed by atoms with Gasteiger partial charge in [-0.3, -0.25) is 4.79 Å². The summed E-state index contributed by atoms with van der Waals surface area (Å²) in [6.45, 7) is 1.94. The van der Waals surface area contributed by atoms with Crippen LogP contribution in [0.1, 0.15) is 5.56 Å². The number of hydrogen-bond donors (Lipinski definition) is 2. The third-order valence-electron chi connectivity index (χ3n) is 3.21. The SMILES string of the molecule is COc1ccccc1-c1[nH]c2c(=O)[nH]cnc2c1C. The first-order valence-corrected chi connectivity index (χ1v) is 5.91. The van der Waals surface area contributed by atoms with Gasteiger partial charge in [-0.2, -0.15) is 0 Å². The summed E-state index contributed by atoms with van der Waals surface area (Å²) in [6.07, 6.45) is 1.41. The van der Waals surface area contributed by atoms with Crippen molar-refractivity contribution in [1.82, 2.24) is 15.0 Å². The molecule has 2 aromatic heterocycles. The van der Waals surface area contributed by atoms with Gasteiger partial charge in [0, 0.05) is 11.1 Å². The van der Waals surface area contributed by atoms with Gasteiger partial charge in [-0.15, -0.1) is 0 Å². The van der Waals surface area contributed by atoms with Gasteiger partial charge in [-0.1, -0.05) is 12.1 Å². The molecule has 0 saturated heterocycles. The highest BCUT2D eigenvalue weighted by Crippen LogP contribution is 2.33. The summed E-state index contributed by atoms with van der Waals surface area (Å²) in [6, 6.07) is 7.68. The molecule has 0 bridgehead atoms. The van der Waals surface area contributed by atoms with E-state index in [4.69, 9.17) is 4.74 Å². The zero-order valence-corrected chi connectivity index (χ0v) is 10.7. The third kappa shape index (κ3) is 1.71. The zero-order valence-electron chi connectivity index (χ0n) is 10.7. The van der Waals surface area contributed by atoms with Crippen molar-refractivity contribution in [3.8, 4) is 17.0 Å². The van der Waals surface area contributed by atoms with E-state index in [-0.39, 0.29) is 5.56 Å². The second-order valence-electron chi connectivity index (χ2n) is 4.28. The molecule has 0 atom stereocenters. The van der Waals surface area contributed by atoms with E-state index in [0.29, 0.717) is 11.0 Å². The topological polar surface area (TPSA) is 70.8 Å². The predicted molar refractivity (Wildman–Crippen MR) is 73.4 cm³/mol. The molecule has 0 amide bonds. The maximum Gasteiger partial charge on any atom is 0.275 e. The molecule has 3 aromatic rings. The van der Waals surface area contributed by atoms with Crippen molar-refractivity contribution in [2.24, 2.45) is 0 Å². The third-order valence-corrected chi connectivity index (χ3v) is 3.21. The Morgan fingerprint density at radius 2 is 2.05 bits per heavy atom. The molecule has 0 radical (unpaired) electrons. The summed E-state index contributed by atoms with van der Waals surface area (Å²) in [5.74, 6) is 0.758. The molecular weight excluding hydrogens is 242 g/mol. The smallest absolute Gasteiger partial charge is 0.275 e. The van der Waals surface area contributed by atoms with E-state index < -0.39 is 0 Å². The van der Waals surface area contributed by atoms with Crippen LogP contribution in [0.3, 0.4) is 0 Å². The second-order valence-corrected chi connectivity index (χ2v) is 4.28. The van der Waals surface area contributed by atoms with Crippen molar-refractivity contribution < 1.29 is 4.74 Å². The number of aromatic nitrogens is 3. The Hall–Kier alpha value is -2.56. The molecule has 2 heterocycles. The van der Waals surface area contributed by atoms with Crippen LogP contribution in [-0.4, -0.2) is 22.1 Å². The Labute approximate surface area is 109 Å². The molecule has 0 fully saturated rings. The minimum Gasteiger partial charge on any atom is -0.496 e. The molecule has 0 aliphatic heterocycles. The largest absolute Gasteiger partial charge is 0.496 e. The number of hydrogen-bond acceptors (Lipinski definition) is 3. The Bertz CT molecular complexity index is 802. The normalized spacial score (nSPS) is 10.8. The standard InChI is InChI=1S/C14H13N3O2/c1-8-11(9-5-3-4-6-10(9)19-2)17-13-12(8)15-7-16-14(13)18/h3-7,17H,1-2H3,(H,15,16,18). The van der Waals surface area contributed by atoms with Gasteiger partial charge < -0.3 is 14.7 Å². The van der Waals surface area contributed by atoms with Gasteiger partial charge in [0.1, 0.15) is 11.3 Å². The first-order chi connectivity index (χ1) is 9.22. The fourth-order valence-corrected chi connectivity index (χ4v) is 2.26. The van der Waals surface area contributed by atoms with Gasteiger partial charge in [-0.25, -0.2) is 4.98 Å². The van der Waals surface area contributed by atoms with Gasteiger partial charge in [-0.05, 0) is 19.1 Å². The molecule has 0 aliphatic carbocycles. The summed E-state index contributed by atoms with van der Waals surface area (Å²) in [5, 5.41) is 0. The molecule has 2 N–H and O–H groups in total. The van der Waals surface area contributed by atoms with Crippen LogP contribution in [0, 0.1) is 6.92 Å². The Morgan fingerprint density at radius 3 is 2.79 bits per heavy atom. The lowest BCUT2D eigenvalue weighted by molar-refractivity contribution is 0.416. The number of ether oxygens (including phenoxy) is 1. The first kappa shape index (κ1) is 11.5. The maximum atomic E-state index is 11.8. The van der Waals surface area contributed by atoms with Crippen molar-refractivity contribution in [2.75, 3.05) is 7.11 Å². The zero-order chi connectivity index (χ0) is 13.4. The van der Waals surface area contributed by atoms with Crippen LogP contribution in [0.25, 0.3) is 22.3 Å². The van der Waals surface area contributed by atoms with Crippen molar-refractivity contribution in [2.45, 2.75) is 6.92 Å². The highest BCUT2D eigenvalue weighted by molar-refractivity contribution is 5.88. The predicted octanol–water partition coefficient (Wildman–Crippen LogP) is 2.24. The molecule has 0 spiro atoms. The molecule has 0 saturated carbocycles. The average molecular weight is 255 g/mol. The Balaban J connectivity index is 2.35. The van der Waals surface area contributed by atoms with Crippen molar-refractivity contribution in [3.63, 3.8) is 0 Å². The van der Waals surface area contributed by atoms with Crippen LogP contribution in [0.2, 0.25) is 0 Å². The van der Waals surface area contributed by atoms with Gasteiger partial charge in [0.25, 0.3) is 5.56 Å². The summed E-state index contributed by atoms with van der Waals surface area (Å²) in [5.41, 5.74) is 3.71. The number of para-hydroxylation sites is 1. The van der Waals surface area contributed by atoms with E-state index in [9.17, 15) is 4.79 Å². The monoisotopic (exact) mass is 255 g/mol. The van der Waals surface area contributed by atoms with E-state index in [0.717, 1.165) is 22.6 Å². The van der Waals surface area contributed by atoms with Crippen LogP contribution in [0.5, 0.6) is 5.75 Å². The van der Waals surface area contributed by atoms with E-state index >= 15 is 0 Å². The maximum absolute atomic E-state index is 11.8. The van der Waals surface area contributed by atoms with Crippen LogP contribution in [0.4, 0.5) is 0 Å². The minimum absolute atomic E-state index is 0.172. The van der Waals surface area contributed by atoms with Gasteiger partial charge in [0.05, 0.1) is 24.6 Å². The van der Waals surface area contributed by atoms with Crippen LogP contribution in [0.15, 0.2) is 35.4 Å². The fraction of sp³-hybridized carbons (Fsp3) is 0.143. The molecule has 0 aliphatic rings. The average Bonchev–Trinajstić information content (AvgIpc) is 2.78. The lowest BCUT2D eigenvalue weighted by atomic mass is 10.1. The van der Waals surface area contributed by atoms with Gasteiger partial charge in [0.2, 0.25) is 0 Å². The number of methoxy groups -OCH3 is 1. The summed E-state index contributed by atoms with van der Waals surface area (Å²) in [7, 11) is 1.63. The number of benzene rings is 1. The molecule has 1 aromatic carbocycles. The quantitative estimate of drug-likeness (QED) is 0.737. The van der Waals surface area contributed by atoms with E-state index in [1.807, 2.05) is 31.2 Å². The van der Waals surface area contributed by atoms with Crippen LogP contribution in [-0.2, 0) is 0 Å². The number of aromatic amines is 2. The Morgan fingerprint density at radius 1 is 1.26 bits per heavy atom. The van der Waals surface area contributed by atoms with Gasteiger partial charge >= 0.3 is 0 Å². The molecule has 19 heavy (non-hydrogen) atoms. The van der Waals surface area contributed by atoms with Crippen molar-refractivity contribution in [3.05, 3.63) is 46.5 Å². The lowest BCUT2D eigenvalue weighted by Crippen LogP contribution is -2.05. The molecule has 0 unspecified atom stereocenters. The number of nitrogens with zero attached hydrogens (tertiary/aromatic N) is 1. The summed E-state index contributed by atoms with van der Waals surface area (Å²) >= 11 is 0. The minimum atomic E-state index is -0.172. The van der Waals surface area contributed by atoms with Crippen molar-refractivity contribution >= 4 is 11.0 Å². The molecule has 96 valence electrons. The highest BCUT2D eigenvalue weighted by Gasteiger charge is 2.15. The van der Waals surface area contributed by atoms with E-state index in [1.54, 1.807) is 7.11 Å². The molecule has 5 nitrogen and oxygen atoms in total. The van der Waals surface area contributed by atoms with E-state index in [2.05, 4.69) is 15.0 Å². The number of rotatable bonds is 2. The number of aryl methyl sites for hydroxylation is 1. The second kappa shape index (κ2) is 4.28. The lowest BCUT2D eigenvalue weighted by Gasteiger charge is -2.07. The number of fused-ring (bicyclic) bond motifs is 1. The van der Waals surface area contributed by atoms with Crippen LogP contribution >= 0.6 is 0 Å². The molecular formula is C14H13N3O2. The van der Waals surface area contributed by atoms with Gasteiger partial charge in [0.15, 0.2) is 0 Å². The fourth-order valence-electron chi connectivity index (χ4n) is 2.26. The summed E-state index contributed by atoms with van der Waals surface area (Å²) < 4.78 is 5.35. The Kier molecular flexibility index (Phi) is 2.59. The molecule has 3 rings (SSSR count). The van der Waals surface area contributed by atoms with Crippen LogP contribution < -0.4 is 10.3 Å². The molecule has 5 heteroatoms. The first-order valence-electron chi connectivity index (χ1n) is 5.91. The van der Waals surface area contributed by atoms with Crippen molar-refractivity contribution in [1.29, 1.82) is 0 Å². The number of H-pyrrole nitrogens is 2.